The molecule has 2 atom stereocenters. The summed E-state index contributed by atoms with van der Waals surface area (Å²) in [5, 5.41) is 15.7. The van der Waals surface area contributed by atoms with E-state index >= 15 is 0 Å². The van der Waals surface area contributed by atoms with E-state index in [0.29, 0.717) is 36.9 Å². The maximum absolute atomic E-state index is 12.1. The summed E-state index contributed by atoms with van der Waals surface area (Å²) in [5.74, 6) is 1.09. The molecule has 1 heterocycles. The predicted octanol–water partition coefficient (Wildman–Crippen LogP) is 1.45. The minimum Gasteiger partial charge on any atom is -0.493 e. The van der Waals surface area contributed by atoms with Crippen molar-refractivity contribution in [1.82, 2.24) is 10.6 Å². The third kappa shape index (κ3) is 5.48. The summed E-state index contributed by atoms with van der Waals surface area (Å²) in [6.45, 7) is 6.60. The number of halogens is 1. The molecule has 0 radical (unpaired) electrons. The van der Waals surface area contributed by atoms with Gasteiger partial charge in [0.1, 0.15) is 5.75 Å². The fraction of sp³-hybridized carbons (Fsp3) is 0.562. The standard InChI is InChI=1S/C16H24N2O3.ClH/c1-11(2)10-21-14-5-3-4-12(6-14)16(20)18-8-13-7-17-9-15(13)19;/h3-6,11,13,15,17,19H,7-10H2,1-2H3,(H,18,20);1H. The van der Waals surface area contributed by atoms with Gasteiger partial charge in [-0.1, -0.05) is 19.9 Å². The van der Waals surface area contributed by atoms with Crippen molar-refractivity contribution in [1.29, 1.82) is 0 Å². The van der Waals surface area contributed by atoms with Crippen LogP contribution in [0.2, 0.25) is 0 Å². The number of ether oxygens (including phenoxy) is 1. The van der Waals surface area contributed by atoms with Crippen molar-refractivity contribution in [3.8, 4) is 5.75 Å². The Hall–Kier alpha value is -1.30. The summed E-state index contributed by atoms with van der Waals surface area (Å²) in [4.78, 5) is 12.1. The number of β-amino-alcohol motifs (C(OH)–C–C–N with tert-alkyl or cyclic N) is 1. The Morgan fingerprint density at radius 3 is 2.86 bits per heavy atom. The van der Waals surface area contributed by atoms with Crippen molar-refractivity contribution in [2.75, 3.05) is 26.2 Å². The lowest BCUT2D eigenvalue weighted by molar-refractivity contribution is 0.0926. The van der Waals surface area contributed by atoms with Gasteiger partial charge in [0.25, 0.3) is 5.91 Å². The molecule has 1 aromatic rings. The van der Waals surface area contributed by atoms with E-state index in [1.54, 1.807) is 12.1 Å². The predicted molar refractivity (Wildman–Crippen MR) is 88.7 cm³/mol. The first kappa shape index (κ1) is 18.7. The molecule has 6 heteroatoms. The summed E-state index contributed by atoms with van der Waals surface area (Å²) in [6, 6.07) is 7.18. The zero-order valence-corrected chi connectivity index (χ0v) is 13.9. The third-order valence-electron chi connectivity index (χ3n) is 3.51. The Morgan fingerprint density at radius 1 is 1.45 bits per heavy atom. The van der Waals surface area contributed by atoms with Crippen molar-refractivity contribution in [3.63, 3.8) is 0 Å². The highest BCUT2D eigenvalue weighted by Crippen LogP contribution is 2.15. The SMILES string of the molecule is CC(C)COc1cccc(C(=O)NCC2CNCC2O)c1.Cl. The van der Waals surface area contributed by atoms with Gasteiger partial charge in [-0.2, -0.15) is 0 Å². The van der Waals surface area contributed by atoms with Crippen molar-refractivity contribution >= 4 is 18.3 Å². The van der Waals surface area contributed by atoms with Crippen LogP contribution in [0.1, 0.15) is 24.2 Å². The van der Waals surface area contributed by atoms with E-state index in [2.05, 4.69) is 24.5 Å². The molecule has 5 nitrogen and oxygen atoms in total. The van der Waals surface area contributed by atoms with Crippen LogP contribution in [0.25, 0.3) is 0 Å². The van der Waals surface area contributed by atoms with E-state index in [1.807, 2.05) is 12.1 Å². The van der Waals surface area contributed by atoms with Gasteiger partial charge in [0.2, 0.25) is 0 Å². The Morgan fingerprint density at radius 2 is 2.23 bits per heavy atom. The Labute approximate surface area is 137 Å². The molecule has 1 aliphatic rings. The molecule has 0 aliphatic carbocycles. The molecule has 0 spiro atoms. The topological polar surface area (TPSA) is 70.6 Å². The highest BCUT2D eigenvalue weighted by molar-refractivity contribution is 5.94. The van der Waals surface area contributed by atoms with Gasteiger partial charge < -0.3 is 20.5 Å². The molecular formula is C16H25ClN2O3. The number of benzene rings is 1. The zero-order valence-electron chi connectivity index (χ0n) is 13.0. The summed E-state index contributed by atoms with van der Waals surface area (Å²) in [7, 11) is 0. The fourth-order valence-corrected chi connectivity index (χ4v) is 2.24. The molecule has 2 rings (SSSR count). The van der Waals surface area contributed by atoms with E-state index in [9.17, 15) is 9.90 Å². The van der Waals surface area contributed by atoms with E-state index in [0.717, 1.165) is 6.54 Å². The Kier molecular flexibility index (Phi) is 7.65. The summed E-state index contributed by atoms with van der Waals surface area (Å²) >= 11 is 0. The van der Waals surface area contributed by atoms with Crippen molar-refractivity contribution < 1.29 is 14.6 Å². The van der Waals surface area contributed by atoms with Gasteiger partial charge in [-0.05, 0) is 24.1 Å². The Bertz CT molecular complexity index is 482. The van der Waals surface area contributed by atoms with Crippen LogP contribution in [0.15, 0.2) is 24.3 Å². The molecule has 0 saturated carbocycles. The minimum absolute atomic E-state index is 0. The minimum atomic E-state index is -0.383. The van der Waals surface area contributed by atoms with Crippen LogP contribution in [0.5, 0.6) is 5.75 Å². The number of carbonyl (C=O) groups excluding carboxylic acids is 1. The largest absolute Gasteiger partial charge is 0.493 e. The van der Waals surface area contributed by atoms with Crippen LogP contribution in [0.4, 0.5) is 0 Å². The lowest BCUT2D eigenvalue weighted by atomic mass is 10.1. The molecule has 0 bridgehead atoms. The van der Waals surface area contributed by atoms with E-state index < -0.39 is 0 Å². The molecule has 1 amide bonds. The molecule has 2 unspecified atom stereocenters. The molecule has 0 aromatic heterocycles. The number of nitrogens with one attached hydrogen (secondary N) is 2. The number of amides is 1. The molecule has 1 aliphatic heterocycles. The number of rotatable bonds is 6. The maximum Gasteiger partial charge on any atom is 0.251 e. The van der Waals surface area contributed by atoms with Gasteiger partial charge in [0.05, 0.1) is 12.7 Å². The van der Waals surface area contributed by atoms with Gasteiger partial charge >= 0.3 is 0 Å². The number of carbonyl (C=O) groups is 1. The molecule has 1 fully saturated rings. The second-order valence-electron chi connectivity index (χ2n) is 5.93. The van der Waals surface area contributed by atoms with Gasteiger partial charge in [0.15, 0.2) is 0 Å². The van der Waals surface area contributed by atoms with E-state index in [4.69, 9.17) is 4.74 Å². The third-order valence-corrected chi connectivity index (χ3v) is 3.51. The van der Waals surface area contributed by atoms with Crippen LogP contribution in [-0.2, 0) is 0 Å². The molecular weight excluding hydrogens is 304 g/mol. The number of hydrogen-bond donors (Lipinski definition) is 3. The van der Waals surface area contributed by atoms with Gasteiger partial charge in [0, 0.05) is 31.1 Å². The lowest BCUT2D eigenvalue weighted by Gasteiger charge is -2.14. The van der Waals surface area contributed by atoms with Crippen LogP contribution in [-0.4, -0.2) is 43.4 Å². The fourth-order valence-electron chi connectivity index (χ4n) is 2.24. The van der Waals surface area contributed by atoms with Crippen molar-refractivity contribution in [3.05, 3.63) is 29.8 Å². The smallest absolute Gasteiger partial charge is 0.251 e. The van der Waals surface area contributed by atoms with Crippen LogP contribution in [0.3, 0.4) is 0 Å². The van der Waals surface area contributed by atoms with E-state index in [-0.39, 0.29) is 30.3 Å². The van der Waals surface area contributed by atoms with Gasteiger partial charge in [-0.3, -0.25) is 4.79 Å². The van der Waals surface area contributed by atoms with E-state index in [1.165, 1.54) is 0 Å². The second kappa shape index (κ2) is 8.98. The molecule has 3 N–H and O–H groups in total. The second-order valence-corrected chi connectivity index (χ2v) is 5.93. The zero-order chi connectivity index (χ0) is 15.2. The molecule has 124 valence electrons. The summed E-state index contributed by atoms with van der Waals surface area (Å²) in [6.07, 6.45) is -0.383. The maximum atomic E-state index is 12.1. The summed E-state index contributed by atoms with van der Waals surface area (Å²) in [5.41, 5.74) is 0.580. The van der Waals surface area contributed by atoms with Crippen molar-refractivity contribution in [2.45, 2.75) is 20.0 Å². The number of hydrogen-bond acceptors (Lipinski definition) is 4. The molecule has 1 saturated heterocycles. The molecule has 1 aromatic carbocycles. The van der Waals surface area contributed by atoms with Gasteiger partial charge in [-0.25, -0.2) is 0 Å². The normalized spacial score (nSPS) is 20.5. The first-order valence-corrected chi connectivity index (χ1v) is 7.46. The number of aliphatic hydroxyl groups is 1. The highest BCUT2D eigenvalue weighted by Gasteiger charge is 2.25. The number of aliphatic hydroxyl groups excluding tert-OH is 1. The van der Waals surface area contributed by atoms with Gasteiger partial charge in [-0.15, -0.1) is 12.4 Å². The molecule has 22 heavy (non-hydrogen) atoms. The highest BCUT2D eigenvalue weighted by atomic mass is 35.5. The monoisotopic (exact) mass is 328 g/mol. The first-order valence-electron chi connectivity index (χ1n) is 7.46. The van der Waals surface area contributed by atoms with Crippen molar-refractivity contribution in [2.24, 2.45) is 11.8 Å². The first-order chi connectivity index (χ1) is 10.1. The Balaban J connectivity index is 0.00000242. The van der Waals surface area contributed by atoms with Crippen LogP contribution in [0, 0.1) is 11.8 Å². The lowest BCUT2D eigenvalue weighted by Crippen LogP contribution is -2.34. The average molecular weight is 329 g/mol. The van der Waals surface area contributed by atoms with Crippen LogP contribution < -0.4 is 15.4 Å². The average Bonchev–Trinajstić information content (AvgIpc) is 2.88. The van der Waals surface area contributed by atoms with Crippen LogP contribution >= 0.6 is 12.4 Å². The summed E-state index contributed by atoms with van der Waals surface area (Å²) < 4.78 is 5.62. The quantitative estimate of drug-likeness (QED) is 0.739.